The number of anilines is 1. The maximum absolute atomic E-state index is 15.9. The van der Waals surface area contributed by atoms with Crippen molar-refractivity contribution in [3.05, 3.63) is 70.4 Å². The van der Waals surface area contributed by atoms with E-state index >= 15 is 4.39 Å². The highest BCUT2D eigenvalue weighted by Gasteiger charge is 2.31. The minimum absolute atomic E-state index is 0.0109. The number of amides is 1. The summed E-state index contributed by atoms with van der Waals surface area (Å²) in [7, 11) is 0. The van der Waals surface area contributed by atoms with Crippen molar-refractivity contribution in [3.8, 4) is 11.5 Å². The molecular formula is C29H32FN9O2. The van der Waals surface area contributed by atoms with Crippen molar-refractivity contribution in [2.45, 2.75) is 58.4 Å². The molecule has 2 aliphatic rings. The monoisotopic (exact) mass is 557 g/mol. The van der Waals surface area contributed by atoms with Gasteiger partial charge < -0.3 is 9.80 Å². The van der Waals surface area contributed by atoms with E-state index in [0.717, 1.165) is 36.2 Å². The van der Waals surface area contributed by atoms with Gasteiger partial charge in [0.1, 0.15) is 5.82 Å². The molecule has 6 heterocycles. The Labute approximate surface area is 236 Å². The number of hydrogen-bond acceptors (Lipinski definition) is 8. The molecular weight excluding hydrogens is 525 g/mol. The van der Waals surface area contributed by atoms with Gasteiger partial charge in [-0.05, 0) is 62.3 Å². The number of carbonyl (C=O) groups is 1. The second-order valence-corrected chi connectivity index (χ2v) is 11.0. The molecule has 1 amide bonds. The van der Waals surface area contributed by atoms with Crippen molar-refractivity contribution in [2.24, 2.45) is 0 Å². The Morgan fingerprint density at radius 2 is 1.98 bits per heavy atom. The molecule has 1 saturated heterocycles. The van der Waals surface area contributed by atoms with Crippen molar-refractivity contribution >= 4 is 22.8 Å². The van der Waals surface area contributed by atoms with Crippen LogP contribution in [-0.4, -0.2) is 71.0 Å². The molecule has 41 heavy (non-hydrogen) atoms. The smallest absolute Gasteiger partial charge is 0.350 e. The predicted octanol–water partition coefficient (Wildman–Crippen LogP) is 3.12. The lowest BCUT2D eigenvalue weighted by atomic mass is 9.99. The maximum atomic E-state index is 15.9. The number of nitrogens with zero attached hydrogens (tertiary/aromatic N) is 9. The van der Waals surface area contributed by atoms with Gasteiger partial charge in [-0.15, -0.1) is 5.10 Å². The minimum Gasteiger partial charge on any atom is -0.350 e. The Balaban J connectivity index is 1.65. The number of hydrogen-bond donors (Lipinski definition) is 0. The molecule has 6 rings (SSSR count). The van der Waals surface area contributed by atoms with Crippen LogP contribution in [0, 0.1) is 5.82 Å². The second kappa shape index (κ2) is 10.5. The number of aryl methyl sites for hydroxylation is 2. The maximum Gasteiger partial charge on any atom is 0.355 e. The van der Waals surface area contributed by atoms with Crippen molar-refractivity contribution in [1.29, 1.82) is 0 Å². The molecule has 2 aliphatic heterocycles. The Bertz CT molecular complexity index is 1730. The molecule has 1 fully saturated rings. The molecule has 12 heteroatoms. The van der Waals surface area contributed by atoms with Crippen LogP contribution in [0.1, 0.15) is 56.5 Å². The highest BCUT2D eigenvalue weighted by Crippen LogP contribution is 2.33. The lowest BCUT2D eigenvalue weighted by Crippen LogP contribution is -2.54. The normalized spacial score (nSPS) is 17.2. The molecule has 0 saturated carbocycles. The zero-order chi connectivity index (χ0) is 28.8. The van der Waals surface area contributed by atoms with Gasteiger partial charge in [-0.25, -0.2) is 18.7 Å². The lowest BCUT2D eigenvalue weighted by Gasteiger charge is -2.40. The van der Waals surface area contributed by atoms with Gasteiger partial charge in [-0.3, -0.25) is 9.78 Å². The van der Waals surface area contributed by atoms with Crippen LogP contribution >= 0.6 is 0 Å². The van der Waals surface area contributed by atoms with Crippen molar-refractivity contribution in [3.63, 3.8) is 0 Å². The molecule has 4 aromatic heterocycles. The van der Waals surface area contributed by atoms with Crippen LogP contribution in [0.5, 0.6) is 0 Å². The van der Waals surface area contributed by atoms with E-state index in [2.05, 4.69) is 26.9 Å². The summed E-state index contributed by atoms with van der Waals surface area (Å²) in [4.78, 5) is 44.0. The number of piperazine rings is 1. The van der Waals surface area contributed by atoms with Crippen molar-refractivity contribution in [1.82, 2.24) is 39.4 Å². The first-order chi connectivity index (χ1) is 19.8. The molecule has 0 aromatic carbocycles. The molecule has 0 radical (unpaired) electrons. The summed E-state index contributed by atoms with van der Waals surface area (Å²) in [6.07, 6.45) is 7.75. The van der Waals surface area contributed by atoms with Crippen LogP contribution in [0.3, 0.4) is 0 Å². The first kappa shape index (κ1) is 26.7. The Hall–Kier alpha value is -4.48. The zero-order valence-corrected chi connectivity index (χ0v) is 23.4. The Morgan fingerprint density at radius 3 is 2.73 bits per heavy atom. The van der Waals surface area contributed by atoms with E-state index in [-0.39, 0.29) is 29.3 Å². The van der Waals surface area contributed by atoms with Gasteiger partial charge in [-0.1, -0.05) is 25.6 Å². The third-order valence-electron chi connectivity index (χ3n) is 7.92. The van der Waals surface area contributed by atoms with Crippen molar-refractivity contribution in [2.75, 3.05) is 24.5 Å². The standard InChI is InChI=1S/C29H32FN9O2/c1-5-23(40)36-12-13-37(18(4)16-36)26-21-14-22(30)28-33-27(21)38(29(41)34-26)25-19(10-11-31-24(25)17(2)3)8-6-7-9-20-15-32-35-39(20)28/h5,10-11,14-15,17-18H,1,6-9,12-13,16H2,2-4H3/t18-/m0/s1. The van der Waals surface area contributed by atoms with Gasteiger partial charge in [0.25, 0.3) is 0 Å². The number of fused-ring (bicyclic) bond motifs is 5. The van der Waals surface area contributed by atoms with Crippen LogP contribution in [-0.2, 0) is 17.6 Å². The van der Waals surface area contributed by atoms with Gasteiger partial charge in [0.2, 0.25) is 5.91 Å². The number of carbonyl (C=O) groups excluding carboxylic acids is 1. The van der Waals surface area contributed by atoms with E-state index in [1.54, 1.807) is 17.3 Å². The summed E-state index contributed by atoms with van der Waals surface area (Å²) in [6.45, 7) is 10.8. The van der Waals surface area contributed by atoms with Crippen LogP contribution in [0.25, 0.3) is 22.5 Å². The molecule has 212 valence electrons. The average Bonchev–Trinajstić information content (AvgIpc) is 3.42. The molecule has 0 N–H and O–H groups in total. The predicted molar refractivity (Wildman–Crippen MR) is 152 cm³/mol. The van der Waals surface area contributed by atoms with Crippen molar-refractivity contribution < 1.29 is 9.18 Å². The summed E-state index contributed by atoms with van der Waals surface area (Å²) < 4.78 is 18.8. The van der Waals surface area contributed by atoms with E-state index in [0.29, 0.717) is 42.9 Å². The van der Waals surface area contributed by atoms with E-state index in [1.807, 2.05) is 31.7 Å². The summed E-state index contributed by atoms with van der Waals surface area (Å²) in [5.41, 5.74) is 2.85. The molecule has 0 aliphatic carbocycles. The molecule has 2 bridgehead atoms. The first-order valence-electron chi connectivity index (χ1n) is 14.0. The minimum atomic E-state index is -0.599. The highest BCUT2D eigenvalue weighted by molar-refractivity contribution is 5.90. The van der Waals surface area contributed by atoms with Crippen LogP contribution in [0.4, 0.5) is 10.2 Å². The van der Waals surface area contributed by atoms with Gasteiger partial charge in [-0.2, -0.15) is 9.67 Å². The second-order valence-electron chi connectivity index (χ2n) is 11.0. The fourth-order valence-electron chi connectivity index (χ4n) is 5.89. The topological polar surface area (TPSA) is 115 Å². The van der Waals surface area contributed by atoms with E-state index in [4.69, 9.17) is 4.98 Å². The van der Waals surface area contributed by atoms with Gasteiger partial charge in [0.05, 0.1) is 28.7 Å². The Kier molecular flexibility index (Phi) is 6.84. The van der Waals surface area contributed by atoms with E-state index in [9.17, 15) is 9.59 Å². The van der Waals surface area contributed by atoms with Crippen LogP contribution in [0.15, 0.2) is 42.0 Å². The fraction of sp³-hybridized carbons (Fsp3) is 0.414. The zero-order valence-electron chi connectivity index (χ0n) is 23.4. The fourth-order valence-corrected chi connectivity index (χ4v) is 5.89. The molecule has 0 unspecified atom stereocenters. The molecule has 11 nitrogen and oxygen atoms in total. The van der Waals surface area contributed by atoms with Crippen LogP contribution in [0.2, 0.25) is 0 Å². The summed E-state index contributed by atoms with van der Waals surface area (Å²) in [5.74, 6) is -0.436. The number of pyridine rings is 2. The summed E-state index contributed by atoms with van der Waals surface area (Å²) in [6, 6.07) is 3.13. The van der Waals surface area contributed by atoms with E-state index in [1.165, 1.54) is 21.4 Å². The van der Waals surface area contributed by atoms with E-state index < -0.39 is 11.5 Å². The molecule has 4 aromatic rings. The number of aromatic nitrogens is 7. The highest BCUT2D eigenvalue weighted by atomic mass is 19.1. The SMILES string of the molecule is C=CC(=O)N1CCN(c2nc(=O)n3c4nc(c(F)cc24)-n2nncc2CCCCc2ccnc(C(C)C)c2-3)[C@@H](C)C1. The average molecular weight is 558 g/mol. The third kappa shape index (κ3) is 4.56. The number of halogens is 1. The molecule has 1 atom stereocenters. The largest absolute Gasteiger partial charge is 0.355 e. The quantitative estimate of drug-likeness (QED) is 0.353. The van der Waals surface area contributed by atoms with Gasteiger partial charge in [0.15, 0.2) is 17.3 Å². The molecule has 0 spiro atoms. The van der Waals surface area contributed by atoms with Gasteiger partial charge in [0, 0.05) is 31.9 Å². The number of rotatable bonds is 3. The summed E-state index contributed by atoms with van der Waals surface area (Å²) >= 11 is 0. The summed E-state index contributed by atoms with van der Waals surface area (Å²) in [5, 5.41) is 8.56. The lowest BCUT2D eigenvalue weighted by molar-refractivity contribution is -0.126. The van der Waals surface area contributed by atoms with Crippen LogP contribution < -0.4 is 10.6 Å². The first-order valence-corrected chi connectivity index (χ1v) is 14.0. The Morgan fingerprint density at radius 1 is 1.17 bits per heavy atom. The van der Waals surface area contributed by atoms with Gasteiger partial charge >= 0.3 is 5.69 Å². The third-order valence-corrected chi connectivity index (χ3v) is 7.92.